The maximum atomic E-state index is 11.4. The van der Waals surface area contributed by atoms with Crippen LogP contribution in [-0.4, -0.2) is 37.6 Å². The van der Waals surface area contributed by atoms with Crippen LogP contribution in [0, 0.1) is 5.92 Å². The van der Waals surface area contributed by atoms with Crippen molar-refractivity contribution in [2.24, 2.45) is 5.92 Å². The number of nitrogens with zero attached hydrogens (tertiary/aromatic N) is 1. The van der Waals surface area contributed by atoms with Crippen molar-refractivity contribution in [2.75, 3.05) is 26.8 Å². The molecule has 18 heavy (non-hydrogen) atoms. The van der Waals surface area contributed by atoms with E-state index in [4.69, 9.17) is 9.47 Å². The molecule has 1 rings (SSSR count). The Morgan fingerprint density at radius 1 is 1.39 bits per heavy atom. The summed E-state index contributed by atoms with van der Waals surface area (Å²) in [4.78, 5) is 15.5. The number of ketones is 1. The second kappa shape index (κ2) is 7.66. The zero-order chi connectivity index (χ0) is 13.4. The number of ether oxygens (including phenoxy) is 2. The van der Waals surface area contributed by atoms with E-state index in [2.05, 4.69) is 10.3 Å². The van der Waals surface area contributed by atoms with Gasteiger partial charge < -0.3 is 14.8 Å². The monoisotopic (exact) mass is 252 g/mol. The molecule has 100 valence electrons. The van der Waals surface area contributed by atoms with Crippen LogP contribution in [-0.2, 0) is 4.79 Å². The first-order valence-corrected chi connectivity index (χ1v) is 6.02. The molecular weight excluding hydrogens is 232 g/mol. The molecule has 5 heteroatoms. The molecule has 0 aliphatic carbocycles. The number of Topliss-reactive ketones (excluding diaryl/α,β-unsaturated/α-hetero) is 1. The third-order valence-corrected chi connectivity index (χ3v) is 2.34. The number of aromatic nitrogens is 1. The summed E-state index contributed by atoms with van der Waals surface area (Å²) < 4.78 is 10.7. The molecule has 5 nitrogen and oxygen atoms in total. The number of hydrogen-bond acceptors (Lipinski definition) is 5. The predicted octanol–water partition coefficient (Wildman–Crippen LogP) is 1.28. The summed E-state index contributed by atoms with van der Waals surface area (Å²) in [7, 11) is 1.86. The molecule has 0 atom stereocenters. The zero-order valence-electron chi connectivity index (χ0n) is 11.1. The average molecular weight is 252 g/mol. The summed E-state index contributed by atoms with van der Waals surface area (Å²) in [6.07, 6.45) is 1.56. The summed E-state index contributed by atoms with van der Waals surface area (Å²) >= 11 is 0. The Labute approximate surface area is 108 Å². The lowest BCUT2D eigenvalue weighted by Crippen LogP contribution is -2.17. The Morgan fingerprint density at radius 3 is 2.72 bits per heavy atom. The van der Waals surface area contributed by atoms with E-state index in [-0.39, 0.29) is 18.3 Å². The fourth-order valence-corrected chi connectivity index (χ4v) is 1.12. The van der Waals surface area contributed by atoms with Crippen LogP contribution in [0.3, 0.4) is 0 Å². The highest BCUT2D eigenvalue weighted by Crippen LogP contribution is 2.13. The van der Waals surface area contributed by atoms with Gasteiger partial charge in [0.25, 0.3) is 0 Å². The average Bonchev–Trinajstić information content (AvgIpc) is 2.37. The van der Waals surface area contributed by atoms with E-state index in [0.717, 1.165) is 6.54 Å². The van der Waals surface area contributed by atoms with Gasteiger partial charge in [0.2, 0.25) is 5.88 Å². The van der Waals surface area contributed by atoms with Crippen molar-refractivity contribution in [3.05, 3.63) is 18.3 Å². The molecule has 1 N–H and O–H groups in total. The molecule has 0 aliphatic rings. The number of rotatable bonds is 8. The number of hydrogen-bond donors (Lipinski definition) is 1. The molecule has 0 spiro atoms. The van der Waals surface area contributed by atoms with E-state index >= 15 is 0 Å². The molecule has 1 aromatic rings. The van der Waals surface area contributed by atoms with Crippen LogP contribution in [0.5, 0.6) is 11.6 Å². The lowest BCUT2D eigenvalue weighted by molar-refractivity contribution is -0.123. The Kier molecular flexibility index (Phi) is 6.14. The van der Waals surface area contributed by atoms with Crippen molar-refractivity contribution < 1.29 is 14.3 Å². The topological polar surface area (TPSA) is 60.5 Å². The van der Waals surface area contributed by atoms with Crippen LogP contribution in [0.2, 0.25) is 0 Å². The normalized spacial score (nSPS) is 10.4. The Morgan fingerprint density at radius 2 is 2.17 bits per heavy atom. The summed E-state index contributed by atoms with van der Waals surface area (Å²) in [5.74, 6) is 1.18. The summed E-state index contributed by atoms with van der Waals surface area (Å²) in [5, 5.41) is 2.98. The van der Waals surface area contributed by atoms with Gasteiger partial charge in [-0.1, -0.05) is 13.8 Å². The van der Waals surface area contributed by atoms with Crippen molar-refractivity contribution in [1.82, 2.24) is 10.3 Å². The van der Waals surface area contributed by atoms with E-state index in [1.54, 1.807) is 18.3 Å². The van der Waals surface area contributed by atoms with Crippen LogP contribution in [0.25, 0.3) is 0 Å². The van der Waals surface area contributed by atoms with Crippen molar-refractivity contribution in [3.8, 4) is 11.6 Å². The summed E-state index contributed by atoms with van der Waals surface area (Å²) in [5.41, 5.74) is 0. The van der Waals surface area contributed by atoms with Crippen LogP contribution in [0.1, 0.15) is 13.8 Å². The molecule has 0 fully saturated rings. The first-order chi connectivity index (χ1) is 8.63. The van der Waals surface area contributed by atoms with Gasteiger partial charge in [-0.3, -0.25) is 4.79 Å². The molecule has 0 radical (unpaired) electrons. The van der Waals surface area contributed by atoms with E-state index < -0.39 is 0 Å². The smallest absolute Gasteiger partial charge is 0.213 e. The second-order valence-electron chi connectivity index (χ2n) is 4.19. The first-order valence-electron chi connectivity index (χ1n) is 6.02. The quantitative estimate of drug-likeness (QED) is 0.706. The third-order valence-electron chi connectivity index (χ3n) is 2.34. The molecule has 0 unspecified atom stereocenters. The zero-order valence-corrected chi connectivity index (χ0v) is 11.1. The van der Waals surface area contributed by atoms with Gasteiger partial charge in [0.15, 0.2) is 5.78 Å². The standard InChI is InChI=1S/C13H20N2O3/c1-10(2)12(16)9-18-11-4-5-13(15-8-11)17-7-6-14-3/h4-5,8,10,14H,6-7,9H2,1-3H3. The number of pyridine rings is 1. The lowest BCUT2D eigenvalue weighted by atomic mass is 10.1. The highest BCUT2D eigenvalue weighted by molar-refractivity contribution is 5.81. The fourth-order valence-electron chi connectivity index (χ4n) is 1.12. The summed E-state index contributed by atoms with van der Waals surface area (Å²) in [6, 6.07) is 3.47. The molecular formula is C13H20N2O3. The van der Waals surface area contributed by atoms with Crippen LogP contribution in [0.4, 0.5) is 0 Å². The van der Waals surface area contributed by atoms with E-state index in [0.29, 0.717) is 18.2 Å². The van der Waals surface area contributed by atoms with Gasteiger partial charge in [-0.2, -0.15) is 0 Å². The van der Waals surface area contributed by atoms with Crippen molar-refractivity contribution in [1.29, 1.82) is 0 Å². The number of carbonyl (C=O) groups excluding carboxylic acids is 1. The number of carbonyl (C=O) groups is 1. The second-order valence-corrected chi connectivity index (χ2v) is 4.19. The number of likely N-dealkylation sites (N-methyl/N-ethyl adjacent to an activating group) is 1. The van der Waals surface area contributed by atoms with Gasteiger partial charge in [-0.05, 0) is 13.1 Å². The van der Waals surface area contributed by atoms with Crippen molar-refractivity contribution in [2.45, 2.75) is 13.8 Å². The molecule has 0 bridgehead atoms. The maximum Gasteiger partial charge on any atom is 0.213 e. The molecule has 1 aromatic heterocycles. The third kappa shape index (κ3) is 5.14. The van der Waals surface area contributed by atoms with Gasteiger partial charge in [-0.25, -0.2) is 4.98 Å². The first kappa shape index (κ1) is 14.4. The highest BCUT2D eigenvalue weighted by atomic mass is 16.5. The minimum Gasteiger partial charge on any atom is -0.484 e. The molecule has 0 aliphatic heterocycles. The number of nitrogens with one attached hydrogen (secondary N) is 1. The molecule has 0 saturated carbocycles. The Hall–Kier alpha value is -1.62. The van der Waals surface area contributed by atoms with E-state index in [9.17, 15) is 4.79 Å². The van der Waals surface area contributed by atoms with Crippen molar-refractivity contribution in [3.63, 3.8) is 0 Å². The molecule has 0 saturated heterocycles. The van der Waals surface area contributed by atoms with Gasteiger partial charge in [0, 0.05) is 18.5 Å². The fraction of sp³-hybridized carbons (Fsp3) is 0.538. The predicted molar refractivity (Wildman–Crippen MR) is 69.0 cm³/mol. The van der Waals surface area contributed by atoms with Crippen LogP contribution in [0.15, 0.2) is 18.3 Å². The SMILES string of the molecule is CNCCOc1ccc(OCC(=O)C(C)C)cn1. The van der Waals surface area contributed by atoms with Crippen LogP contribution < -0.4 is 14.8 Å². The Balaban J connectivity index is 2.38. The van der Waals surface area contributed by atoms with Crippen molar-refractivity contribution >= 4 is 5.78 Å². The van der Waals surface area contributed by atoms with E-state index in [1.165, 1.54) is 0 Å². The minimum atomic E-state index is -0.0119. The Bertz CT molecular complexity index is 363. The van der Waals surface area contributed by atoms with Gasteiger partial charge >= 0.3 is 0 Å². The molecule has 0 amide bonds. The largest absolute Gasteiger partial charge is 0.484 e. The van der Waals surface area contributed by atoms with Gasteiger partial charge in [-0.15, -0.1) is 0 Å². The van der Waals surface area contributed by atoms with Gasteiger partial charge in [0.05, 0.1) is 6.20 Å². The highest BCUT2D eigenvalue weighted by Gasteiger charge is 2.08. The molecule has 0 aromatic carbocycles. The van der Waals surface area contributed by atoms with Gasteiger partial charge in [0.1, 0.15) is 19.0 Å². The molecule has 1 heterocycles. The van der Waals surface area contributed by atoms with Crippen LogP contribution >= 0.6 is 0 Å². The minimum absolute atomic E-state index is 0.0119. The maximum absolute atomic E-state index is 11.4. The summed E-state index contributed by atoms with van der Waals surface area (Å²) in [6.45, 7) is 5.11. The lowest BCUT2D eigenvalue weighted by Gasteiger charge is -2.08. The van der Waals surface area contributed by atoms with E-state index in [1.807, 2.05) is 20.9 Å².